The summed E-state index contributed by atoms with van der Waals surface area (Å²) in [6.45, 7) is 5.03. The number of likely N-dealkylation sites (tertiary alicyclic amines) is 1. The highest BCUT2D eigenvalue weighted by atomic mass is 16.2. The lowest BCUT2D eigenvalue weighted by molar-refractivity contribution is -0.127. The fraction of sp³-hybridized carbons (Fsp3) is 0.304. The van der Waals surface area contributed by atoms with Crippen LogP contribution in [0.25, 0.3) is 22.5 Å². The average molecular weight is 359 g/mol. The number of nitrogens with zero attached hydrogens (tertiary/aromatic N) is 3. The first-order valence-electron chi connectivity index (χ1n) is 9.48. The van der Waals surface area contributed by atoms with E-state index in [1.165, 1.54) is 16.7 Å². The number of carbonyl (C=O) groups is 1. The van der Waals surface area contributed by atoms with E-state index in [4.69, 9.17) is 4.98 Å². The zero-order chi connectivity index (χ0) is 19.0. The molecule has 0 unspecified atom stereocenters. The van der Waals surface area contributed by atoms with E-state index in [0.29, 0.717) is 6.42 Å². The molecule has 1 saturated heterocycles. The van der Waals surface area contributed by atoms with E-state index in [-0.39, 0.29) is 11.9 Å². The van der Waals surface area contributed by atoms with Gasteiger partial charge in [-0.3, -0.25) is 4.79 Å². The molecule has 0 N–H and O–H groups in total. The van der Waals surface area contributed by atoms with Gasteiger partial charge in [0.15, 0.2) is 0 Å². The highest BCUT2D eigenvalue weighted by Gasteiger charge is 2.29. The maximum Gasteiger partial charge on any atom is 0.222 e. The van der Waals surface area contributed by atoms with Crippen LogP contribution in [0.5, 0.6) is 0 Å². The van der Waals surface area contributed by atoms with E-state index in [0.717, 1.165) is 29.9 Å². The smallest absolute Gasteiger partial charge is 0.222 e. The topological polar surface area (TPSA) is 38.1 Å². The van der Waals surface area contributed by atoms with E-state index in [1.807, 2.05) is 36.5 Å². The molecule has 0 aliphatic carbocycles. The Labute approximate surface area is 160 Å². The van der Waals surface area contributed by atoms with Crippen molar-refractivity contribution in [2.45, 2.75) is 39.3 Å². The number of aryl methyl sites for hydroxylation is 2. The molecule has 1 aliphatic heterocycles. The SMILES string of the molecule is Cc1ccc(C)c(-c2c(-c3ccccc3)ncn2C[C@H]2CCC(=O)N2C)c1. The summed E-state index contributed by atoms with van der Waals surface area (Å²) in [5, 5.41) is 0. The molecule has 4 heteroatoms. The number of rotatable bonds is 4. The van der Waals surface area contributed by atoms with Gasteiger partial charge in [0.05, 0.1) is 17.7 Å². The number of amides is 1. The molecule has 0 saturated carbocycles. The van der Waals surface area contributed by atoms with Crippen molar-refractivity contribution in [2.24, 2.45) is 0 Å². The Balaban J connectivity index is 1.84. The Hall–Kier alpha value is -2.88. The van der Waals surface area contributed by atoms with Crippen LogP contribution < -0.4 is 0 Å². The summed E-state index contributed by atoms with van der Waals surface area (Å²) in [7, 11) is 1.91. The van der Waals surface area contributed by atoms with Crippen LogP contribution in [0.15, 0.2) is 54.9 Å². The summed E-state index contributed by atoms with van der Waals surface area (Å²) in [4.78, 5) is 18.6. The van der Waals surface area contributed by atoms with Crippen LogP contribution in [0.2, 0.25) is 0 Å². The minimum Gasteiger partial charge on any atom is -0.341 e. The molecule has 0 radical (unpaired) electrons. The Morgan fingerprint density at radius 1 is 1.11 bits per heavy atom. The van der Waals surface area contributed by atoms with Gasteiger partial charge in [0.1, 0.15) is 0 Å². The summed E-state index contributed by atoms with van der Waals surface area (Å²) in [6, 6.07) is 17.1. The second-order valence-electron chi connectivity index (χ2n) is 7.48. The zero-order valence-corrected chi connectivity index (χ0v) is 16.1. The summed E-state index contributed by atoms with van der Waals surface area (Å²) >= 11 is 0. The van der Waals surface area contributed by atoms with Crippen LogP contribution in [0.1, 0.15) is 24.0 Å². The molecule has 1 aromatic heterocycles. The number of carbonyl (C=O) groups excluding carboxylic acids is 1. The Morgan fingerprint density at radius 3 is 2.59 bits per heavy atom. The van der Waals surface area contributed by atoms with Gasteiger partial charge in [0.2, 0.25) is 5.91 Å². The standard InChI is InChI=1S/C23H25N3O/c1-16-9-10-17(2)20(13-16)23-22(18-7-5-4-6-8-18)24-15-26(23)14-19-11-12-21(27)25(19)3/h4-10,13,15,19H,11-12,14H2,1-3H3/t19-/m1/s1. The number of hydrogen-bond acceptors (Lipinski definition) is 2. The third-order valence-electron chi connectivity index (χ3n) is 5.57. The molecule has 138 valence electrons. The van der Waals surface area contributed by atoms with E-state index < -0.39 is 0 Å². The van der Waals surface area contributed by atoms with Crippen molar-refractivity contribution in [2.75, 3.05) is 7.05 Å². The number of benzene rings is 2. The summed E-state index contributed by atoms with van der Waals surface area (Å²) in [5.74, 6) is 0.233. The quantitative estimate of drug-likeness (QED) is 0.690. The molecule has 4 nitrogen and oxygen atoms in total. The van der Waals surface area contributed by atoms with Gasteiger partial charge in [-0.25, -0.2) is 4.98 Å². The number of imidazole rings is 1. The van der Waals surface area contributed by atoms with Crippen molar-refractivity contribution in [3.8, 4) is 22.5 Å². The average Bonchev–Trinajstić information content (AvgIpc) is 3.23. The molecular weight excluding hydrogens is 334 g/mol. The highest BCUT2D eigenvalue weighted by molar-refractivity contribution is 5.81. The van der Waals surface area contributed by atoms with E-state index in [2.05, 4.69) is 48.7 Å². The maximum absolute atomic E-state index is 12.0. The second-order valence-corrected chi connectivity index (χ2v) is 7.48. The lowest BCUT2D eigenvalue weighted by Crippen LogP contribution is -2.32. The molecule has 4 rings (SSSR count). The summed E-state index contributed by atoms with van der Waals surface area (Å²) < 4.78 is 2.23. The van der Waals surface area contributed by atoms with Crippen molar-refractivity contribution in [1.29, 1.82) is 0 Å². The Kier molecular flexibility index (Phi) is 4.56. The van der Waals surface area contributed by atoms with Crippen LogP contribution in [0, 0.1) is 13.8 Å². The predicted molar refractivity (Wildman–Crippen MR) is 108 cm³/mol. The van der Waals surface area contributed by atoms with Gasteiger partial charge >= 0.3 is 0 Å². The van der Waals surface area contributed by atoms with Gasteiger partial charge in [-0.05, 0) is 31.9 Å². The van der Waals surface area contributed by atoms with Crippen molar-refractivity contribution in [1.82, 2.24) is 14.5 Å². The van der Waals surface area contributed by atoms with Crippen LogP contribution in [0.3, 0.4) is 0 Å². The molecule has 1 atom stereocenters. The van der Waals surface area contributed by atoms with E-state index >= 15 is 0 Å². The van der Waals surface area contributed by atoms with Crippen LogP contribution in [-0.2, 0) is 11.3 Å². The van der Waals surface area contributed by atoms with Gasteiger partial charge in [0.25, 0.3) is 0 Å². The molecule has 1 amide bonds. The molecule has 1 fully saturated rings. The van der Waals surface area contributed by atoms with Crippen LogP contribution >= 0.6 is 0 Å². The van der Waals surface area contributed by atoms with E-state index in [1.54, 1.807) is 0 Å². The fourth-order valence-electron chi connectivity index (χ4n) is 3.91. The van der Waals surface area contributed by atoms with Gasteiger partial charge in [-0.2, -0.15) is 0 Å². The molecule has 27 heavy (non-hydrogen) atoms. The molecule has 2 heterocycles. The van der Waals surface area contributed by atoms with Crippen molar-refractivity contribution >= 4 is 5.91 Å². The number of likely N-dealkylation sites (N-methyl/N-ethyl adjacent to an activating group) is 1. The highest BCUT2D eigenvalue weighted by Crippen LogP contribution is 2.34. The van der Waals surface area contributed by atoms with Crippen molar-refractivity contribution < 1.29 is 4.79 Å². The first-order valence-corrected chi connectivity index (χ1v) is 9.48. The first kappa shape index (κ1) is 17.5. The minimum absolute atomic E-state index is 0.221. The molecule has 3 aromatic rings. The second kappa shape index (κ2) is 7.03. The molecule has 2 aromatic carbocycles. The summed E-state index contributed by atoms with van der Waals surface area (Å²) in [6.07, 6.45) is 3.47. The normalized spacial score (nSPS) is 16.9. The lowest BCUT2D eigenvalue weighted by Gasteiger charge is -2.22. The van der Waals surface area contributed by atoms with Crippen LogP contribution in [-0.4, -0.2) is 33.4 Å². The number of hydrogen-bond donors (Lipinski definition) is 0. The lowest BCUT2D eigenvalue weighted by atomic mass is 9.98. The first-order chi connectivity index (χ1) is 13.0. The third-order valence-corrected chi connectivity index (χ3v) is 5.57. The largest absolute Gasteiger partial charge is 0.341 e. The Bertz CT molecular complexity index is 975. The predicted octanol–water partition coefficient (Wildman–Crippen LogP) is 4.45. The third kappa shape index (κ3) is 3.27. The molecule has 1 aliphatic rings. The van der Waals surface area contributed by atoms with Gasteiger partial charge in [-0.1, -0.05) is 48.0 Å². The molecule has 0 spiro atoms. The zero-order valence-electron chi connectivity index (χ0n) is 16.1. The molecular formula is C23H25N3O. The maximum atomic E-state index is 12.0. The van der Waals surface area contributed by atoms with E-state index in [9.17, 15) is 4.79 Å². The van der Waals surface area contributed by atoms with Gasteiger partial charge < -0.3 is 9.47 Å². The van der Waals surface area contributed by atoms with Crippen molar-refractivity contribution in [3.63, 3.8) is 0 Å². The fourth-order valence-corrected chi connectivity index (χ4v) is 3.91. The van der Waals surface area contributed by atoms with Crippen molar-refractivity contribution in [3.05, 3.63) is 66.0 Å². The van der Waals surface area contributed by atoms with Gasteiger partial charge in [0, 0.05) is 37.2 Å². The van der Waals surface area contributed by atoms with Gasteiger partial charge in [-0.15, -0.1) is 0 Å². The monoisotopic (exact) mass is 359 g/mol. The molecule has 0 bridgehead atoms. The number of aromatic nitrogens is 2. The summed E-state index contributed by atoms with van der Waals surface area (Å²) in [5.41, 5.74) is 6.92. The minimum atomic E-state index is 0.221. The Morgan fingerprint density at radius 2 is 1.89 bits per heavy atom. The van der Waals surface area contributed by atoms with Crippen LogP contribution in [0.4, 0.5) is 0 Å².